The monoisotopic (exact) mass is 381 g/mol. The molecular formula is C20H25ClFNO3. The number of para-hydroxylation sites is 1. The normalized spacial score (nSPS) is 10.8. The van der Waals surface area contributed by atoms with Crippen LogP contribution >= 0.6 is 11.6 Å². The lowest BCUT2D eigenvalue weighted by molar-refractivity contribution is 0.275. The first kappa shape index (κ1) is 20.5. The molecule has 2 N–H and O–H groups in total. The zero-order valence-electron chi connectivity index (χ0n) is 14.9. The Morgan fingerprint density at radius 1 is 1.12 bits per heavy atom. The molecule has 26 heavy (non-hydrogen) atoms. The Morgan fingerprint density at radius 3 is 2.65 bits per heavy atom. The van der Waals surface area contributed by atoms with E-state index in [0.29, 0.717) is 28.6 Å². The van der Waals surface area contributed by atoms with Crippen LogP contribution in [-0.4, -0.2) is 25.4 Å². The van der Waals surface area contributed by atoms with Crippen LogP contribution in [-0.2, 0) is 13.2 Å². The van der Waals surface area contributed by atoms with Crippen molar-refractivity contribution in [3.63, 3.8) is 0 Å². The van der Waals surface area contributed by atoms with Gasteiger partial charge in [-0.2, -0.15) is 0 Å². The molecule has 0 aliphatic carbocycles. The van der Waals surface area contributed by atoms with E-state index < -0.39 is 5.82 Å². The van der Waals surface area contributed by atoms with Crippen LogP contribution < -0.4 is 14.8 Å². The van der Waals surface area contributed by atoms with Crippen LogP contribution in [0.4, 0.5) is 4.39 Å². The van der Waals surface area contributed by atoms with Gasteiger partial charge in [0.15, 0.2) is 11.5 Å². The number of halogens is 2. The number of rotatable bonds is 11. The van der Waals surface area contributed by atoms with Crippen LogP contribution in [0.25, 0.3) is 0 Å². The highest BCUT2D eigenvalue weighted by atomic mass is 35.5. The number of aliphatic hydroxyl groups is 1. The summed E-state index contributed by atoms with van der Waals surface area (Å²) in [5, 5.41) is 12.5. The van der Waals surface area contributed by atoms with Crippen LogP contribution in [0.2, 0.25) is 5.02 Å². The van der Waals surface area contributed by atoms with E-state index in [1.165, 1.54) is 6.07 Å². The maximum absolute atomic E-state index is 14.0. The number of aliphatic hydroxyl groups excluding tert-OH is 1. The van der Waals surface area contributed by atoms with Crippen molar-refractivity contribution in [3.05, 3.63) is 58.4 Å². The maximum Gasteiger partial charge on any atom is 0.166 e. The highest BCUT2D eigenvalue weighted by Gasteiger charge is 2.13. The lowest BCUT2D eigenvalue weighted by atomic mass is 10.1. The average Bonchev–Trinajstić information content (AvgIpc) is 2.64. The van der Waals surface area contributed by atoms with Gasteiger partial charge in [0.2, 0.25) is 0 Å². The molecule has 4 nitrogen and oxygen atoms in total. The Kier molecular flexibility index (Phi) is 8.68. The Bertz CT molecular complexity index is 677. The third kappa shape index (κ3) is 5.87. The fourth-order valence-electron chi connectivity index (χ4n) is 2.60. The third-order valence-corrected chi connectivity index (χ3v) is 4.38. The SMILES string of the molecule is COc1cccc(CNCCCCCO)c1OCc1c(F)cccc1Cl. The van der Waals surface area contributed by atoms with Gasteiger partial charge in [-0.1, -0.05) is 29.8 Å². The highest BCUT2D eigenvalue weighted by molar-refractivity contribution is 6.31. The summed E-state index contributed by atoms with van der Waals surface area (Å²) < 4.78 is 25.2. The molecule has 0 aromatic heterocycles. The van der Waals surface area contributed by atoms with E-state index in [2.05, 4.69) is 5.32 Å². The standard InChI is InChI=1S/C20H25ClFNO3/c1-25-19-10-5-7-15(13-23-11-3-2-4-12-24)20(19)26-14-16-17(21)8-6-9-18(16)22/h5-10,23-24H,2-4,11-14H2,1H3. The number of ether oxygens (including phenoxy) is 2. The number of benzene rings is 2. The average molecular weight is 382 g/mol. The molecule has 6 heteroatoms. The second-order valence-corrected chi connectivity index (χ2v) is 6.31. The zero-order valence-corrected chi connectivity index (χ0v) is 15.7. The van der Waals surface area contributed by atoms with E-state index in [1.54, 1.807) is 19.2 Å². The first-order chi connectivity index (χ1) is 12.7. The van der Waals surface area contributed by atoms with Crippen molar-refractivity contribution >= 4 is 11.6 Å². The van der Waals surface area contributed by atoms with Crippen molar-refractivity contribution < 1.29 is 19.0 Å². The van der Waals surface area contributed by atoms with Gasteiger partial charge >= 0.3 is 0 Å². The molecule has 0 saturated carbocycles. The second-order valence-electron chi connectivity index (χ2n) is 5.90. The molecule has 0 fully saturated rings. The zero-order chi connectivity index (χ0) is 18.8. The summed E-state index contributed by atoms with van der Waals surface area (Å²) in [5.74, 6) is 0.783. The molecule has 2 rings (SSSR count). The maximum atomic E-state index is 14.0. The summed E-state index contributed by atoms with van der Waals surface area (Å²) in [4.78, 5) is 0. The molecule has 0 atom stereocenters. The largest absolute Gasteiger partial charge is 0.493 e. The van der Waals surface area contributed by atoms with Crippen molar-refractivity contribution in [1.82, 2.24) is 5.32 Å². The van der Waals surface area contributed by atoms with Crippen LogP contribution in [0.3, 0.4) is 0 Å². The van der Waals surface area contributed by atoms with Gasteiger partial charge in [-0.15, -0.1) is 0 Å². The van der Waals surface area contributed by atoms with Crippen molar-refractivity contribution in [2.24, 2.45) is 0 Å². The Morgan fingerprint density at radius 2 is 1.92 bits per heavy atom. The quantitative estimate of drug-likeness (QED) is 0.569. The topological polar surface area (TPSA) is 50.7 Å². The molecule has 0 spiro atoms. The Balaban J connectivity index is 2.03. The van der Waals surface area contributed by atoms with Gasteiger partial charge in [-0.05, 0) is 44.0 Å². The summed E-state index contributed by atoms with van der Waals surface area (Å²) in [6, 6.07) is 10.2. The number of nitrogens with one attached hydrogen (secondary N) is 1. The fourth-order valence-corrected chi connectivity index (χ4v) is 2.82. The number of hydrogen-bond acceptors (Lipinski definition) is 4. The minimum Gasteiger partial charge on any atom is -0.493 e. The van der Waals surface area contributed by atoms with Crippen molar-refractivity contribution in [1.29, 1.82) is 0 Å². The Hall–Kier alpha value is -1.82. The molecule has 0 aliphatic heterocycles. The molecular weight excluding hydrogens is 357 g/mol. The minimum atomic E-state index is -0.393. The molecule has 0 bridgehead atoms. The summed E-state index contributed by atoms with van der Waals surface area (Å²) in [6.07, 6.45) is 2.79. The molecule has 0 heterocycles. The molecule has 0 aliphatic rings. The summed E-state index contributed by atoms with van der Waals surface area (Å²) in [6.45, 7) is 1.70. The Labute approximate surface area is 158 Å². The number of hydrogen-bond donors (Lipinski definition) is 2. The smallest absolute Gasteiger partial charge is 0.166 e. The minimum absolute atomic E-state index is 0.0232. The van der Waals surface area contributed by atoms with Gasteiger partial charge in [0.05, 0.1) is 12.1 Å². The van der Waals surface area contributed by atoms with E-state index in [0.717, 1.165) is 31.4 Å². The third-order valence-electron chi connectivity index (χ3n) is 4.03. The first-order valence-electron chi connectivity index (χ1n) is 8.70. The summed E-state index contributed by atoms with van der Waals surface area (Å²) in [5.41, 5.74) is 1.25. The summed E-state index contributed by atoms with van der Waals surface area (Å²) in [7, 11) is 1.57. The predicted octanol–water partition coefficient (Wildman–Crippen LogP) is 4.32. The number of unbranched alkanes of at least 4 members (excludes halogenated alkanes) is 2. The molecule has 2 aromatic rings. The van der Waals surface area contributed by atoms with Crippen LogP contribution in [0.5, 0.6) is 11.5 Å². The van der Waals surface area contributed by atoms with Gasteiger partial charge in [0.1, 0.15) is 12.4 Å². The highest BCUT2D eigenvalue weighted by Crippen LogP contribution is 2.32. The van der Waals surface area contributed by atoms with Crippen molar-refractivity contribution in [2.75, 3.05) is 20.3 Å². The lowest BCUT2D eigenvalue weighted by Crippen LogP contribution is -2.16. The number of methoxy groups -OCH3 is 1. The molecule has 0 saturated heterocycles. The van der Waals surface area contributed by atoms with E-state index >= 15 is 0 Å². The van der Waals surface area contributed by atoms with Crippen LogP contribution in [0.1, 0.15) is 30.4 Å². The van der Waals surface area contributed by atoms with Gasteiger partial charge < -0.3 is 19.9 Å². The van der Waals surface area contributed by atoms with E-state index in [-0.39, 0.29) is 13.2 Å². The van der Waals surface area contributed by atoms with Crippen molar-refractivity contribution in [2.45, 2.75) is 32.4 Å². The van der Waals surface area contributed by atoms with E-state index in [9.17, 15) is 4.39 Å². The van der Waals surface area contributed by atoms with E-state index in [1.807, 2.05) is 18.2 Å². The molecule has 0 unspecified atom stereocenters. The fraction of sp³-hybridized carbons (Fsp3) is 0.400. The molecule has 0 amide bonds. The second kappa shape index (κ2) is 11.0. The van der Waals surface area contributed by atoms with Gasteiger partial charge in [-0.3, -0.25) is 0 Å². The van der Waals surface area contributed by atoms with Gasteiger partial charge in [-0.25, -0.2) is 4.39 Å². The van der Waals surface area contributed by atoms with Gasteiger partial charge in [0.25, 0.3) is 0 Å². The molecule has 2 aromatic carbocycles. The predicted molar refractivity (Wildman–Crippen MR) is 101 cm³/mol. The lowest BCUT2D eigenvalue weighted by Gasteiger charge is -2.16. The van der Waals surface area contributed by atoms with E-state index in [4.69, 9.17) is 26.2 Å². The first-order valence-corrected chi connectivity index (χ1v) is 9.08. The molecule has 142 valence electrons. The van der Waals surface area contributed by atoms with Gasteiger partial charge in [0, 0.05) is 24.3 Å². The molecule has 0 radical (unpaired) electrons. The summed E-state index contributed by atoms with van der Waals surface area (Å²) >= 11 is 6.07. The van der Waals surface area contributed by atoms with Crippen LogP contribution in [0.15, 0.2) is 36.4 Å². The van der Waals surface area contributed by atoms with Crippen LogP contribution in [0, 0.1) is 5.82 Å². The van der Waals surface area contributed by atoms with Crippen molar-refractivity contribution in [3.8, 4) is 11.5 Å².